The van der Waals surface area contributed by atoms with Crippen LogP contribution >= 0.6 is 0 Å². The Morgan fingerprint density at radius 2 is 2.00 bits per heavy atom. The Balaban J connectivity index is 2.19. The minimum absolute atomic E-state index is 0.0651. The van der Waals surface area contributed by atoms with Crippen molar-refractivity contribution >= 4 is 21.4 Å². The number of rotatable bonds is 4. The number of amides is 1. The monoisotopic (exact) mass is 282 g/mol. The van der Waals surface area contributed by atoms with Crippen LogP contribution in [0.25, 0.3) is 0 Å². The van der Waals surface area contributed by atoms with Gasteiger partial charge in [-0.3, -0.25) is 4.79 Å². The van der Waals surface area contributed by atoms with Crippen LogP contribution in [0.3, 0.4) is 0 Å². The van der Waals surface area contributed by atoms with Crippen molar-refractivity contribution in [2.45, 2.75) is 24.7 Å². The normalized spacial score (nSPS) is 16.9. The molecule has 1 aromatic carbocycles. The molecule has 1 aliphatic carbocycles. The van der Waals surface area contributed by atoms with E-state index in [1.54, 1.807) is 0 Å². The third kappa shape index (κ3) is 3.47. The van der Waals surface area contributed by atoms with Crippen molar-refractivity contribution in [1.29, 1.82) is 0 Å². The summed E-state index contributed by atoms with van der Waals surface area (Å²) in [4.78, 5) is 12.1. The number of nitrogens with two attached hydrogens (primary N) is 1. The SMILES string of the molecule is CC1(CNC(=O)c2cc(N)cc(S(C)(=O)=O)c2)CC1. The van der Waals surface area contributed by atoms with Gasteiger partial charge >= 0.3 is 0 Å². The molecule has 6 heteroatoms. The highest BCUT2D eigenvalue weighted by Crippen LogP contribution is 2.44. The first-order valence-electron chi connectivity index (χ1n) is 6.08. The number of nitrogens with one attached hydrogen (secondary N) is 1. The molecule has 0 saturated heterocycles. The lowest BCUT2D eigenvalue weighted by molar-refractivity contribution is 0.0946. The second-order valence-corrected chi connectivity index (χ2v) is 7.57. The van der Waals surface area contributed by atoms with Crippen LogP contribution in [0.1, 0.15) is 30.1 Å². The van der Waals surface area contributed by atoms with Gasteiger partial charge in [-0.15, -0.1) is 0 Å². The summed E-state index contributed by atoms with van der Waals surface area (Å²) in [6, 6.07) is 4.20. The van der Waals surface area contributed by atoms with Crippen molar-refractivity contribution in [1.82, 2.24) is 5.32 Å². The topological polar surface area (TPSA) is 89.3 Å². The zero-order chi connectivity index (χ0) is 14.3. The molecule has 0 unspecified atom stereocenters. The molecule has 5 nitrogen and oxygen atoms in total. The molecular weight excluding hydrogens is 264 g/mol. The maximum atomic E-state index is 12.0. The smallest absolute Gasteiger partial charge is 0.251 e. The van der Waals surface area contributed by atoms with Crippen molar-refractivity contribution < 1.29 is 13.2 Å². The minimum Gasteiger partial charge on any atom is -0.399 e. The largest absolute Gasteiger partial charge is 0.399 e. The Bertz CT molecular complexity index is 619. The van der Waals surface area contributed by atoms with E-state index < -0.39 is 9.84 Å². The average Bonchev–Trinajstić information content (AvgIpc) is 3.03. The van der Waals surface area contributed by atoms with Gasteiger partial charge in [-0.1, -0.05) is 6.92 Å². The molecule has 0 bridgehead atoms. The first-order valence-corrected chi connectivity index (χ1v) is 7.98. The molecule has 0 heterocycles. The van der Waals surface area contributed by atoms with Gasteiger partial charge in [0.25, 0.3) is 5.91 Å². The summed E-state index contributed by atoms with van der Waals surface area (Å²) in [6.45, 7) is 2.71. The standard InChI is InChI=1S/C13H18N2O3S/c1-13(3-4-13)8-15-12(16)9-5-10(14)7-11(6-9)19(2,17)18/h5-7H,3-4,8,14H2,1-2H3,(H,15,16). The summed E-state index contributed by atoms with van der Waals surface area (Å²) < 4.78 is 23.0. The molecule has 2 rings (SSSR count). The summed E-state index contributed by atoms with van der Waals surface area (Å²) in [5.74, 6) is -0.287. The number of carbonyl (C=O) groups excluding carboxylic acids is 1. The molecule has 1 fully saturated rings. The van der Waals surface area contributed by atoms with Gasteiger partial charge in [-0.25, -0.2) is 8.42 Å². The van der Waals surface area contributed by atoms with E-state index >= 15 is 0 Å². The molecular formula is C13H18N2O3S. The lowest BCUT2D eigenvalue weighted by Gasteiger charge is -2.11. The Labute approximate surface area is 113 Å². The van der Waals surface area contributed by atoms with E-state index in [2.05, 4.69) is 12.2 Å². The van der Waals surface area contributed by atoms with E-state index in [4.69, 9.17) is 5.73 Å². The lowest BCUT2D eigenvalue weighted by atomic mass is 10.1. The van der Waals surface area contributed by atoms with Crippen LogP contribution in [0.2, 0.25) is 0 Å². The minimum atomic E-state index is -3.37. The van der Waals surface area contributed by atoms with Crippen molar-refractivity contribution in [3.63, 3.8) is 0 Å². The van der Waals surface area contributed by atoms with Crippen LogP contribution < -0.4 is 11.1 Å². The summed E-state index contributed by atoms with van der Waals surface area (Å²) in [5.41, 5.74) is 6.40. The van der Waals surface area contributed by atoms with Gasteiger partial charge in [-0.05, 0) is 36.5 Å². The lowest BCUT2D eigenvalue weighted by Crippen LogP contribution is -2.29. The zero-order valence-corrected chi connectivity index (χ0v) is 11.9. The highest BCUT2D eigenvalue weighted by atomic mass is 32.2. The van der Waals surface area contributed by atoms with Crippen LogP contribution in [0, 0.1) is 5.41 Å². The van der Waals surface area contributed by atoms with E-state index in [1.807, 2.05) is 0 Å². The number of nitrogen functional groups attached to an aromatic ring is 1. The van der Waals surface area contributed by atoms with Crippen LogP contribution in [-0.4, -0.2) is 27.1 Å². The third-order valence-corrected chi connectivity index (χ3v) is 4.49. The van der Waals surface area contributed by atoms with Crippen LogP contribution in [0.4, 0.5) is 5.69 Å². The van der Waals surface area contributed by atoms with Crippen molar-refractivity contribution in [3.05, 3.63) is 23.8 Å². The molecule has 1 saturated carbocycles. The van der Waals surface area contributed by atoms with E-state index in [1.165, 1.54) is 18.2 Å². The van der Waals surface area contributed by atoms with E-state index in [0.29, 0.717) is 6.54 Å². The van der Waals surface area contributed by atoms with Crippen molar-refractivity contribution in [3.8, 4) is 0 Å². The second-order valence-electron chi connectivity index (χ2n) is 5.56. The number of hydrogen-bond donors (Lipinski definition) is 2. The van der Waals surface area contributed by atoms with E-state index in [-0.39, 0.29) is 27.5 Å². The fraction of sp³-hybridized carbons (Fsp3) is 0.462. The molecule has 1 aromatic rings. The number of carbonyl (C=O) groups is 1. The fourth-order valence-corrected chi connectivity index (χ4v) is 2.44. The van der Waals surface area contributed by atoms with Crippen molar-refractivity contribution in [2.24, 2.45) is 5.41 Å². The Hall–Kier alpha value is -1.56. The summed E-state index contributed by atoms with van der Waals surface area (Å²) in [5, 5.41) is 2.82. The van der Waals surface area contributed by atoms with E-state index in [9.17, 15) is 13.2 Å². The van der Waals surface area contributed by atoms with Gasteiger partial charge in [0, 0.05) is 24.1 Å². The number of anilines is 1. The summed E-state index contributed by atoms with van der Waals surface area (Å²) >= 11 is 0. The first-order chi connectivity index (χ1) is 8.70. The molecule has 0 aliphatic heterocycles. The van der Waals surface area contributed by atoms with Gasteiger partial charge < -0.3 is 11.1 Å². The Morgan fingerprint density at radius 1 is 1.37 bits per heavy atom. The molecule has 19 heavy (non-hydrogen) atoms. The Kier molecular flexibility index (Phi) is 3.30. The van der Waals surface area contributed by atoms with Gasteiger partial charge in [-0.2, -0.15) is 0 Å². The molecule has 1 amide bonds. The van der Waals surface area contributed by atoms with Crippen molar-refractivity contribution in [2.75, 3.05) is 18.5 Å². The molecule has 0 aromatic heterocycles. The Morgan fingerprint density at radius 3 is 2.53 bits per heavy atom. The maximum Gasteiger partial charge on any atom is 0.251 e. The molecule has 1 aliphatic rings. The maximum absolute atomic E-state index is 12.0. The number of benzene rings is 1. The highest BCUT2D eigenvalue weighted by molar-refractivity contribution is 7.90. The first kappa shape index (κ1) is 13.9. The summed E-state index contributed by atoms with van der Waals surface area (Å²) in [7, 11) is -3.37. The van der Waals surface area contributed by atoms with Crippen LogP contribution in [0.15, 0.2) is 23.1 Å². The van der Waals surface area contributed by atoms with Gasteiger partial charge in [0.1, 0.15) is 0 Å². The molecule has 0 radical (unpaired) electrons. The van der Waals surface area contributed by atoms with Gasteiger partial charge in [0.2, 0.25) is 0 Å². The second kappa shape index (κ2) is 4.52. The predicted octanol–water partition coefficient (Wildman–Crippen LogP) is 1.20. The van der Waals surface area contributed by atoms with Crippen LogP contribution in [0.5, 0.6) is 0 Å². The summed E-state index contributed by atoms with van der Waals surface area (Å²) in [6.07, 6.45) is 3.31. The van der Waals surface area contributed by atoms with Gasteiger partial charge in [0.15, 0.2) is 9.84 Å². The molecule has 3 N–H and O–H groups in total. The van der Waals surface area contributed by atoms with Gasteiger partial charge in [0.05, 0.1) is 4.90 Å². The average molecular weight is 282 g/mol. The quantitative estimate of drug-likeness (QED) is 0.812. The number of sulfone groups is 1. The third-order valence-electron chi connectivity index (χ3n) is 3.40. The fourth-order valence-electron chi connectivity index (χ4n) is 1.75. The molecule has 104 valence electrons. The van der Waals surface area contributed by atoms with Crippen LogP contribution in [-0.2, 0) is 9.84 Å². The molecule has 0 atom stereocenters. The predicted molar refractivity (Wildman–Crippen MR) is 73.6 cm³/mol. The zero-order valence-electron chi connectivity index (χ0n) is 11.1. The van der Waals surface area contributed by atoms with E-state index in [0.717, 1.165) is 19.1 Å². The number of hydrogen-bond acceptors (Lipinski definition) is 4. The highest BCUT2D eigenvalue weighted by Gasteiger charge is 2.37. The molecule has 0 spiro atoms.